The Balaban J connectivity index is 0.00000210. The van der Waals surface area contributed by atoms with Gasteiger partial charge >= 0.3 is 0 Å². The summed E-state index contributed by atoms with van der Waals surface area (Å²) in [6, 6.07) is 13.0. The molecule has 0 saturated carbocycles. The first-order chi connectivity index (χ1) is 12.8. The van der Waals surface area contributed by atoms with Gasteiger partial charge < -0.3 is 29.6 Å². The van der Waals surface area contributed by atoms with Gasteiger partial charge in [-0.3, -0.25) is 4.79 Å². The first-order valence-corrected chi connectivity index (χ1v) is 8.52. The third-order valence-corrected chi connectivity index (χ3v) is 4.16. The number of amides is 1. The molecule has 2 aliphatic rings. The molecule has 0 radical (unpaired) electrons. The number of benzene rings is 2. The molecular formula is C19H21ClN2O5. The van der Waals surface area contributed by atoms with Crippen molar-refractivity contribution >= 4 is 24.0 Å². The van der Waals surface area contributed by atoms with Crippen molar-refractivity contribution in [1.82, 2.24) is 5.32 Å². The maximum absolute atomic E-state index is 12.2. The van der Waals surface area contributed by atoms with Crippen molar-refractivity contribution in [3.05, 3.63) is 48.0 Å². The fourth-order valence-corrected chi connectivity index (χ4v) is 2.83. The van der Waals surface area contributed by atoms with Crippen LogP contribution in [0.1, 0.15) is 5.56 Å². The van der Waals surface area contributed by atoms with Crippen LogP contribution in [-0.2, 0) is 16.1 Å². The van der Waals surface area contributed by atoms with Crippen LogP contribution < -0.4 is 24.8 Å². The van der Waals surface area contributed by atoms with Crippen LogP contribution >= 0.6 is 12.4 Å². The molecule has 7 nitrogen and oxygen atoms in total. The number of carbonyl (C=O) groups is 1. The van der Waals surface area contributed by atoms with Crippen LogP contribution in [0.25, 0.3) is 0 Å². The summed E-state index contributed by atoms with van der Waals surface area (Å²) in [6.07, 6.45) is -0.461. The first kappa shape index (κ1) is 19.3. The van der Waals surface area contributed by atoms with E-state index in [-0.39, 0.29) is 25.1 Å². The van der Waals surface area contributed by atoms with Gasteiger partial charge in [-0.15, -0.1) is 12.4 Å². The molecule has 27 heavy (non-hydrogen) atoms. The molecule has 0 spiro atoms. The summed E-state index contributed by atoms with van der Waals surface area (Å²) in [5.41, 5.74) is 1.67. The Hall–Kier alpha value is -2.48. The molecule has 2 heterocycles. The highest BCUT2D eigenvalue weighted by atomic mass is 35.5. The average molecular weight is 393 g/mol. The highest BCUT2D eigenvalue weighted by Crippen LogP contribution is 2.35. The second-order valence-corrected chi connectivity index (χ2v) is 6.06. The van der Waals surface area contributed by atoms with Gasteiger partial charge in [0.15, 0.2) is 11.5 Å². The standard InChI is InChI=1S/C19H20N2O5.ClH/c22-19(18-10-20-6-7-23-18)21-14-3-1-2-13(8-14)11-24-15-4-5-16-17(9-15)26-12-25-16;/h1-5,8-9,18,20H,6-7,10-12H2,(H,21,22);1H. The van der Waals surface area contributed by atoms with Crippen LogP contribution in [-0.4, -0.2) is 38.5 Å². The zero-order valence-corrected chi connectivity index (χ0v) is 15.4. The average Bonchev–Trinajstić information content (AvgIpc) is 3.15. The largest absolute Gasteiger partial charge is 0.489 e. The Morgan fingerprint density at radius 2 is 2.07 bits per heavy atom. The summed E-state index contributed by atoms with van der Waals surface area (Å²) in [4.78, 5) is 12.2. The molecule has 0 aromatic heterocycles. The molecule has 2 aliphatic heterocycles. The predicted octanol–water partition coefficient (Wildman–Crippen LogP) is 2.34. The quantitative estimate of drug-likeness (QED) is 0.813. The minimum absolute atomic E-state index is 0. The zero-order chi connectivity index (χ0) is 17.8. The molecule has 144 valence electrons. The third kappa shape index (κ3) is 4.82. The molecule has 1 saturated heterocycles. The molecular weight excluding hydrogens is 372 g/mol. The number of nitrogens with one attached hydrogen (secondary N) is 2. The molecule has 1 atom stereocenters. The lowest BCUT2D eigenvalue weighted by Gasteiger charge is -2.22. The number of ether oxygens (including phenoxy) is 4. The van der Waals surface area contributed by atoms with Crippen molar-refractivity contribution in [2.75, 3.05) is 31.8 Å². The molecule has 1 fully saturated rings. The molecule has 8 heteroatoms. The van der Waals surface area contributed by atoms with E-state index in [1.807, 2.05) is 36.4 Å². The van der Waals surface area contributed by atoms with Gasteiger partial charge in [0.25, 0.3) is 5.91 Å². The molecule has 2 N–H and O–H groups in total. The smallest absolute Gasteiger partial charge is 0.254 e. The van der Waals surface area contributed by atoms with Crippen LogP contribution in [0.15, 0.2) is 42.5 Å². The van der Waals surface area contributed by atoms with Crippen molar-refractivity contribution in [2.24, 2.45) is 0 Å². The Labute approximate surface area is 163 Å². The highest BCUT2D eigenvalue weighted by Gasteiger charge is 2.21. The molecule has 2 aromatic rings. The summed E-state index contributed by atoms with van der Waals surface area (Å²) in [7, 11) is 0. The summed E-state index contributed by atoms with van der Waals surface area (Å²) in [5, 5.41) is 6.03. The lowest BCUT2D eigenvalue weighted by molar-refractivity contribution is -0.128. The van der Waals surface area contributed by atoms with E-state index in [2.05, 4.69) is 10.6 Å². The van der Waals surface area contributed by atoms with Gasteiger partial charge in [-0.1, -0.05) is 12.1 Å². The number of hydrogen-bond donors (Lipinski definition) is 2. The van der Waals surface area contributed by atoms with E-state index in [0.29, 0.717) is 31.3 Å². The zero-order valence-electron chi connectivity index (χ0n) is 14.6. The van der Waals surface area contributed by atoms with Gasteiger partial charge in [0.1, 0.15) is 18.5 Å². The van der Waals surface area contributed by atoms with E-state index in [1.165, 1.54) is 0 Å². The van der Waals surface area contributed by atoms with Crippen LogP contribution in [0.3, 0.4) is 0 Å². The highest BCUT2D eigenvalue weighted by molar-refractivity contribution is 5.94. The fraction of sp³-hybridized carbons (Fsp3) is 0.316. The number of rotatable bonds is 5. The predicted molar refractivity (Wildman–Crippen MR) is 102 cm³/mol. The maximum Gasteiger partial charge on any atom is 0.254 e. The van der Waals surface area contributed by atoms with E-state index in [4.69, 9.17) is 18.9 Å². The molecule has 0 bridgehead atoms. The van der Waals surface area contributed by atoms with Crippen molar-refractivity contribution in [3.8, 4) is 17.2 Å². The Morgan fingerprint density at radius 1 is 1.19 bits per heavy atom. The Kier molecular flexibility index (Phi) is 6.39. The second kappa shape index (κ2) is 8.94. The molecule has 4 rings (SSSR count). The van der Waals surface area contributed by atoms with Crippen LogP contribution in [0.2, 0.25) is 0 Å². The Bertz CT molecular complexity index is 795. The lowest BCUT2D eigenvalue weighted by atomic mass is 10.2. The molecule has 2 aromatic carbocycles. The van der Waals surface area contributed by atoms with E-state index < -0.39 is 6.10 Å². The summed E-state index contributed by atoms with van der Waals surface area (Å²) < 4.78 is 21.9. The van der Waals surface area contributed by atoms with E-state index >= 15 is 0 Å². The molecule has 1 amide bonds. The minimum Gasteiger partial charge on any atom is -0.489 e. The summed E-state index contributed by atoms with van der Waals surface area (Å²) in [5.74, 6) is 1.96. The number of carbonyl (C=O) groups excluding carboxylic acids is 1. The third-order valence-electron chi connectivity index (χ3n) is 4.16. The van der Waals surface area contributed by atoms with Gasteiger partial charge in [-0.25, -0.2) is 0 Å². The summed E-state index contributed by atoms with van der Waals surface area (Å²) in [6.45, 7) is 2.46. The lowest BCUT2D eigenvalue weighted by Crippen LogP contribution is -2.45. The number of hydrogen-bond acceptors (Lipinski definition) is 6. The minimum atomic E-state index is -0.461. The van der Waals surface area contributed by atoms with E-state index in [9.17, 15) is 4.79 Å². The Morgan fingerprint density at radius 3 is 2.93 bits per heavy atom. The second-order valence-electron chi connectivity index (χ2n) is 6.06. The van der Waals surface area contributed by atoms with Crippen molar-refractivity contribution in [3.63, 3.8) is 0 Å². The van der Waals surface area contributed by atoms with Crippen LogP contribution in [0, 0.1) is 0 Å². The number of halogens is 1. The SMILES string of the molecule is Cl.O=C(Nc1cccc(COc2ccc3c(c2)OCO3)c1)C1CNCCO1. The topological polar surface area (TPSA) is 78.1 Å². The van der Waals surface area contributed by atoms with E-state index in [0.717, 1.165) is 23.5 Å². The first-order valence-electron chi connectivity index (χ1n) is 8.52. The monoisotopic (exact) mass is 392 g/mol. The number of fused-ring (bicyclic) bond motifs is 1. The van der Waals surface area contributed by atoms with Crippen LogP contribution in [0.4, 0.5) is 5.69 Å². The van der Waals surface area contributed by atoms with Gasteiger partial charge in [0, 0.05) is 24.8 Å². The fourth-order valence-electron chi connectivity index (χ4n) is 2.83. The van der Waals surface area contributed by atoms with Crippen molar-refractivity contribution < 1.29 is 23.7 Å². The van der Waals surface area contributed by atoms with Gasteiger partial charge in [0.05, 0.1) is 6.61 Å². The molecule has 0 aliphatic carbocycles. The van der Waals surface area contributed by atoms with Gasteiger partial charge in [0.2, 0.25) is 6.79 Å². The molecule has 1 unspecified atom stereocenters. The normalized spacial score (nSPS) is 17.7. The van der Waals surface area contributed by atoms with Crippen molar-refractivity contribution in [1.29, 1.82) is 0 Å². The van der Waals surface area contributed by atoms with Gasteiger partial charge in [-0.2, -0.15) is 0 Å². The number of anilines is 1. The van der Waals surface area contributed by atoms with Crippen LogP contribution in [0.5, 0.6) is 17.2 Å². The number of morpholine rings is 1. The van der Waals surface area contributed by atoms with E-state index in [1.54, 1.807) is 6.07 Å². The summed E-state index contributed by atoms with van der Waals surface area (Å²) >= 11 is 0. The van der Waals surface area contributed by atoms with Crippen molar-refractivity contribution in [2.45, 2.75) is 12.7 Å². The van der Waals surface area contributed by atoms with Gasteiger partial charge in [-0.05, 0) is 29.8 Å². The maximum atomic E-state index is 12.2.